The van der Waals surface area contributed by atoms with Crippen LogP contribution in [0.15, 0.2) is 18.2 Å². The van der Waals surface area contributed by atoms with E-state index in [0.29, 0.717) is 11.6 Å². The summed E-state index contributed by atoms with van der Waals surface area (Å²) in [5.74, 6) is -0.540. The highest BCUT2D eigenvalue weighted by Crippen LogP contribution is 2.20. The largest absolute Gasteiger partial charge is 0.371 e. The van der Waals surface area contributed by atoms with E-state index in [1.165, 1.54) is 12.1 Å². The van der Waals surface area contributed by atoms with Crippen molar-refractivity contribution in [1.82, 2.24) is 5.32 Å². The summed E-state index contributed by atoms with van der Waals surface area (Å²) in [5.41, 5.74) is 0.649. The Hall–Kier alpha value is -1.16. The van der Waals surface area contributed by atoms with Gasteiger partial charge in [-0.15, -0.1) is 0 Å². The molecule has 1 aromatic rings. The molecule has 1 saturated heterocycles. The first kappa shape index (κ1) is 12.3. The molecular weight excluding hydrogens is 222 g/mol. The fourth-order valence-corrected chi connectivity index (χ4v) is 2.23. The zero-order valence-corrected chi connectivity index (χ0v) is 10.0. The molecule has 0 saturated carbocycles. The summed E-state index contributed by atoms with van der Waals surface area (Å²) in [6.45, 7) is 5.71. The molecule has 1 unspecified atom stereocenters. The zero-order valence-electron chi connectivity index (χ0n) is 10.0. The van der Waals surface area contributed by atoms with Crippen molar-refractivity contribution in [2.24, 2.45) is 5.92 Å². The van der Waals surface area contributed by atoms with Gasteiger partial charge in [-0.05, 0) is 37.6 Å². The molecule has 0 radical (unpaired) electrons. The highest BCUT2D eigenvalue weighted by atomic mass is 19.1. The maximum atomic E-state index is 13.2. The fraction of sp³-hybridized carbons (Fsp3) is 0.538. The molecule has 1 N–H and O–H groups in total. The summed E-state index contributed by atoms with van der Waals surface area (Å²) >= 11 is 0. The fourth-order valence-electron chi connectivity index (χ4n) is 2.23. The number of nitrogens with one attached hydrogen (secondary N) is 1. The lowest BCUT2D eigenvalue weighted by atomic mass is 10.1. The van der Waals surface area contributed by atoms with Gasteiger partial charge in [0.05, 0.1) is 0 Å². The lowest BCUT2D eigenvalue weighted by Crippen LogP contribution is -2.38. The van der Waals surface area contributed by atoms with Gasteiger partial charge in [-0.2, -0.15) is 0 Å². The van der Waals surface area contributed by atoms with E-state index in [9.17, 15) is 8.78 Å². The Morgan fingerprint density at radius 1 is 1.24 bits per heavy atom. The van der Waals surface area contributed by atoms with Gasteiger partial charge in [0.25, 0.3) is 0 Å². The summed E-state index contributed by atoms with van der Waals surface area (Å²) in [4.78, 5) is 2.07. The molecule has 94 valence electrons. The van der Waals surface area contributed by atoms with Crippen LogP contribution < -0.4 is 10.2 Å². The topological polar surface area (TPSA) is 15.3 Å². The van der Waals surface area contributed by atoms with Crippen molar-refractivity contribution >= 4 is 5.69 Å². The summed E-state index contributed by atoms with van der Waals surface area (Å²) in [7, 11) is 0. The predicted molar refractivity (Wildman–Crippen MR) is 65.2 cm³/mol. The van der Waals surface area contributed by atoms with E-state index in [0.717, 1.165) is 38.7 Å². The maximum Gasteiger partial charge on any atom is 0.128 e. The van der Waals surface area contributed by atoms with E-state index in [1.807, 2.05) is 0 Å². The van der Waals surface area contributed by atoms with Crippen molar-refractivity contribution in [3.63, 3.8) is 0 Å². The normalized spacial score (nSPS) is 22.1. The predicted octanol–water partition coefficient (Wildman–Crippen LogP) is 2.40. The Morgan fingerprint density at radius 3 is 2.65 bits per heavy atom. The first-order valence-electron chi connectivity index (χ1n) is 6.07. The van der Waals surface area contributed by atoms with Crippen molar-refractivity contribution < 1.29 is 8.78 Å². The smallest absolute Gasteiger partial charge is 0.128 e. The van der Waals surface area contributed by atoms with E-state index < -0.39 is 11.6 Å². The summed E-state index contributed by atoms with van der Waals surface area (Å²) in [6, 6.07) is 3.73. The van der Waals surface area contributed by atoms with Gasteiger partial charge in [0.1, 0.15) is 11.6 Å². The second-order valence-corrected chi connectivity index (χ2v) is 4.74. The molecule has 1 aliphatic heterocycles. The Bertz CT molecular complexity index is 361. The number of nitrogens with zero attached hydrogens (tertiary/aromatic N) is 1. The van der Waals surface area contributed by atoms with Crippen LogP contribution in [-0.2, 0) is 0 Å². The lowest BCUT2D eigenvalue weighted by Gasteiger charge is -2.30. The van der Waals surface area contributed by atoms with E-state index in [2.05, 4.69) is 17.1 Å². The average molecular weight is 240 g/mol. The van der Waals surface area contributed by atoms with E-state index in [-0.39, 0.29) is 0 Å². The van der Waals surface area contributed by atoms with Crippen molar-refractivity contribution in [2.45, 2.75) is 13.3 Å². The van der Waals surface area contributed by atoms with E-state index in [1.54, 1.807) is 0 Å². The number of hydrogen-bond acceptors (Lipinski definition) is 2. The molecule has 17 heavy (non-hydrogen) atoms. The summed E-state index contributed by atoms with van der Waals surface area (Å²) in [5, 5.41) is 3.36. The molecule has 1 heterocycles. The van der Waals surface area contributed by atoms with Crippen molar-refractivity contribution in [1.29, 1.82) is 0 Å². The number of hydrogen-bond donors (Lipinski definition) is 1. The van der Waals surface area contributed by atoms with Crippen molar-refractivity contribution in [3.05, 3.63) is 29.8 Å². The van der Waals surface area contributed by atoms with Crippen molar-refractivity contribution in [2.75, 3.05) is 31.1 Å². The Morgan fingerprint density at radius 2 is 1.94 bits per heavy atom. The molecule has 0 bridgehead atoms. The summed E-state index contributed by atoms with van der Waals surface area (Å²) in [6.07, 6.45) is 0.991. The second-order valence-electron chi connectivity index (χ2n) is 4.74. The molecule has 1 aliphatic rings. The van der Waals surface area contributed by atoms with Crippen LogP contribution in [0.1, 0.15) is 13.3 Å². The van der Waals surface area contributed by atoms with Gasteiger partial charge in [-0.3, -0.25) is 0 Å². The van der Waals surface area contributed by atoms with Gasteiger partial charge < -0.3 is 10.2 Å². The van der Waals surface area contributed by atoms with Crippen LogP contribution >= 0.6 is 0 Å². The molecule has 1 atom stereocenters. The van der Waals surface area contributed by atoms with Crippen LogP contribution in [0.5, 0.6) is 0 Å². The molecule has 1 fully saturated rings. The third-order valence-electron chi connectivity index (χ3n) is 3.02. The zero-order chi connectivity index (χ0) is 12.3. The molecule has 2 rings (SSSR count). The monoisotopic (exact) mass is 240 g/mol. The third kappa shape index (κ3) is 3.40. The average Bonchev–Trinajstić information content (AvgIpc) is 2.21. The van der Waals surface area contributed by atoms with Crippen LogP contribution in [-0.4, -0.2) is 26.2 Å². The highest BCUT2D eigenvalue weighted by Gasteiger charge is 2.15. The quantitative estimate of drug-likeness (QED) is 0.811. The first-order valence-corrected chi connectivity index (χ1v) is 6.07. The lowest BCUT2D eigenvalue weighted by molar-refractivity contribution is 0.466. The third-order valence-corrected chi connectivity index (χ3v) is 3.02. The van der Waals surface area contributed by atoms with Crippen LogP contribution in [0.4, 0.5) is 14.5 Å². The van der Waals surface area contributed by atoms with Gasteiger partial charge in [-0.1, -0.05) is 6.92 Å². The minimum Gasteiger partial charge on any atom is -0.371 e. The van der Waals surface area contributed by atoms with E-state index >= 15 is 0 Å². The molecular formula is C13H18F2N2. The Kier molecular flexibility index (Phi) is 3.94. The minimum atomic E-state index is -0.507. The number of benzene rings is 1. The molecule has 1 aromatic carbocycles. The first-order chi connectivity index (χ1) is 8.15. The van der Waals surface area contributed by atoms with Gasteiger partial charge in [-0.25, -0.2) is 8.78 Å². The minimum absolute atomic E-state index is 0.474. The van der Waals surface area contributed by atoms with Gasteiger partial charge in [0.15, 0.2) is 0 Å². The SMILES string of the molecule is CC1CNCCCN(c2cc(F)cc(F)c2)C1. The number of halogens is 2. The Labute approximate surface area is 101 Å². The van der Waals surface area contributed by atoms with Gasteiger partial charge in [0.2, 0.25) is 0 Å². The maximum absolute atomic E-state index is 13.2. The summed E-state index contributed by atoms with van der Waals surface area (Å²) < 4.78 is 26.4. The molecule has 0 spiro atoms. The van der Waals surface area contributed by atoms with Crippen LogP contribution in [0.2, 0.25) is 0 Å². The molecule has 0 amide bonds. The van der Waals surface area contributed by atoms with Gasteiger partial charge in [0, 0.05) is 24.8 Å². The van der Waals surface area contributed by atoms with E-state index in [4.69, 9.17) is 0 Å². The van der Waals surface area contributed by atoms with Crippen molar-refractivity contribution in [3.8, 4) is 0 Å². The molecule has 0 aromatic heterocycles. The highest BCUT2D eigenvalue weighted by molar-refractivity contribution is 5.47. The second kappa shape index (κ2) is 5.45. The number of anilines is 1. The molecule has 2 nitrogen and oxygen atoms in total. The van der Waals surface area contributed by atoms with Gasteiger partial charge >= 0.3 is 0 Å². The molecule has 4 heteroatoms. The van der Waals surface area contributed by atoms with Crippen LogP contribution in [0.3, 0.4) is 0 Å². The molecule has 0 aliphatic carbocycles. The van der Waals surface area contributed by atoms with Crippen LogP contribution in [0, 0.1) is 17.6 Å². The standard InChI is InChI=1S/C13H18F2N2/c1-10-8-16-3-2-4-17(9-10)13-6-11(14)5-12(15)7-13/h5-7,10,16H,2-4,8-9H2,1H3. The number of rotatable bonds is 1. The Balaban J connectivity index is 2.17. The van der Waals surface area contributed by atoms with Crippen LogP contribution in [0.25, 0.3) is 0 Å².